The summed E-state index contributed by atoms with van der Waals surface area (Å²) in [5.74, 6) is 2.70. The number of carbonyl (C=O) groups excluding carboxylic acids is 2. The van der Waals surface area contributed by atoms with Crippen LogP contribution in [0.25, 0.3) is 0 Å². The molecular formula is C22H26N2O4. The number of amides is 2. The molecule has 2 amide bonds. The third-order valence-corrected chi connectivity index (χ3v) is 6.05. The zero-order valence-electron chi connectivity index (χ0n) is 16.0. The number of ether oxygens (including phenoxy) is 1. The molecule has 4 atom stereocenters. The van der Waals surface area contributed by atoms with E-state index in [4.69, 9.17) is 9.15 Å². The molecule has 0 aliphatic heterocycles. The number of hydrogen-bond donors (Lipinski definition) is 2. The molecular weight excluding hydrogens is 356 g/mol. The zero-order valence-corrected chi connectivity index (χ0v) is 16.0. The van der Waals surface area contributed by atoms with E-state index in [1.165, 1.54) is 31.9 Å². The van der Waals surface area contributed by atoms with E-state index in [2.05, 4.69) is 17.6 Å². The Morgan fingerprint density at radius 2 is 2.00 bits per heavy atom. The Hall–Kier alpha value is -2.76. The topological polar surface area (TPSA) is 80.6 Å². The number of anilines is 1. The maximum Gasteiger partial charge on any atom is 0.291 e. The number of fused-ring (bicyclic) bond motifs is 2. The number of furan rings is 1. The molecule has 2 aliphatic rings. The quantitative estimate of drug-likeness (QED) is 0.762. The van der Waals surface area contributed by atoms with Crippen LogP contribution in [-0.2, 0) is 4.79 Å². The highest BCUT2D eigenvalue weighted by molar-refractivity contribution is 6.02. The highest BCUT2D eigenvalue weighted by Crippen LogP contribution is 2.49. The first-order valence-corrected chi connectivity index (χ1v) is 9.95. The predicted octanol–water partition coefficient (Wildman–Crippen LogP) is 3.85. The van der Waals surface area contributed by atoms with Crippen LogP contribution >= 0.6 is 0 Å². The van der Waals surface area contributed by atoms with Gasteiger partial charge in [0.15, 0.2) is 12.4 Å². The summed E-state index contributed by atoms with van der Waals surface area (Å²) in [4.78, 5) is 24.2. The molecule has 1 aromatic heterocycles. The molecule has 2 aromatic rings. The summed E-state index contributed by atoms with van der Waals surface area (Å²) >= 11 is 0. The largest absolute Gasteiger partial charge is 0.484 e. The molecule has 0 radical (unpaired) electrons. The van der Waals surface area contributed by atoms with Crippen LogP contribution in [0.2, 0.25) is 0 Å². The summed E-state index contributed by atoms with van der Waals surface area (Å²) in [5, 5.41) is 5.84. The average molecular weight is 382 g/mol. The van der Waals surface area contributed by atoms with Gasteiger partial charge in [-0.3, -0.25) is 9.59 Å². The zero-order chi connectivity index (χ0) is 19.5. The van der Waals surface area contributed by atoms with Crippen LogP contribution in [0.15, 0.2) is 47.1 Å². The second-order valence-corrected chi connectivity index (χ2v) is 7.94. The Morgan fingerprint density at radius 1 is 1.18 bits per heavy atom. The number of hydrogen-bond acceptors (Lipinski definition) is 4. The van der Waals surface area contributed by atoms with Crippen LogP contribution in [0.3, 0.4) is 0 Å². The molecule has 2 aliphatic carbocycles. The van der Waals surface area contributed by atoms with Gasteiger partial charge >= 0.3 is 0 Å². The number of nitrogens with one attached hydrogen (secondary N) is 2. The van der Waals surface area contributed by atoms with Crippen molar-refractivity contribution in [2.45, 2.75) is 38.6 Å². The van der Waals surface area contributed by atoms with E-state index in [1.807, 2.05) is 0 Å². The summed E-state index contributed by atoms with van der Waals surface area (Å²) in [6, 6.07) is 10.4. The molecule has 2 bridgehead atoms. The first-order valence-electron chi connectivity index (χ1n) is 9.95. The maximum absolute atomic E-state index is 12.2. The third-order valence-electron chi connectivity index (χ3n) is 6.05. The molecule has 2 fully saturated rings. The Morgan fingerprint density at radius 3 is 2.64 bits per heavy atom. The van der Waals surface area contributed by atoms with Crippen molar-refractivity contribution in [3.63, 3.8) is 0 Å². The molecule has 2 N–H and O–H groups in total. The lowest BCUT2D eigenvalue weighted by molar-refractivity contribution is -0.124. The van der Waals surface area contributed by atoms with Crippen LogP contribution in [0, 0.1) is 17.8 Å². The molecule has 4 rings (SSSR count). The smallest absolute Gasteiger partial charge is 0.291 e. The van der Waals surface area contributed by atoms with E-state index in [9.17, 15) is 9.59 Å². The van der Waals surface area contributed by atoms with Crippen molar-refractivity contribution in [2.24, 2.45) is 17.8 Å². The highest BCUT2D eigenvalue weighted by atomic mass is 16.5. The molecule has 1 aromatic carbocycles. The predicted molar refractivity (Wildman–Crippen MR) is 105 cm³/mol. The molecule has 0 saturated heterocycles. The van der Waals surface area contributed by atoms with Crippen molar-refractivity contribution < 1.29 is 18.7 Å². The summed E-state index contributed by atoms with van der Waals surface area (Å²) < 4.78 is 10.6. The lowest BCUT2D eigenvalue weighted by atomic mass is 9.84. The summed E-state index contributed by atoms with van der Waals surface area (Å²) in [6.45, 7) is 2.10. The summed E-state index contributed by atoms with van der Waals surface area (Å²) in [6.07, 6.45) is 6.72. The molecule has 6 nitrogen and oxygen atoms in total. The van der Waals surface area contributed by atoms with E-state index in [0.717, 1.165) is 11.8 Å². The first-order chi connectivity index (χ1) is 13.6. The lowest BCUT2D eigenvalue weighted by Crippen LogP contribution is -2.42. The van der Waals surface area contributed by atoms with Gasteiger partial charge in [-0.15, -0.1) is 0 Å². The first kappa shape index (κ1) is 18.6. The number of benzene rings is 1. The fourth-order valence-electron chi connectivity index (χ4n) is 4.69. The van der Waals surface area contributed by atoms with E-state index < -0.39 is 0 Å². The van der Waals surface area contributed by atoms with E-state index in [1.54, 1.807) is 36.4 Å². The molecule has 2 saturated carbocycles. The molecule has 1 heterocycles. The molecule has 0 spiro atoms. The average Bonchev–Trinajstić information content (AvgIpc) is 3.45. The van der Waals surface area contributed by atoms with Crippen molar-refractivity contribution in [1.82, 2.24) is 5.32 Å². The minimum atomic E-state index is -0.312. The third kappa shape index (κ3) is 4.21. The van der Waals surface area contributed by atoms with Crippen molar-refractivity contribution in [3.05, 3.63) is 48.4 Å². The van der Waals surface area contributed by atoms with Gasteiger partial charge in [0.1, 0.15) is 5.75 Å². The summed E-state index contributed by atoms with van der Waals surface area (Å²) in [7, 11) is 0. The van der Waals surface area contributed by atoms with E-state index in [0.29, 0.717) is 17.4 Å². The lowest BCUT2D eigenvalue weighted by Gasteiger charge is -2.28. The highest BCUT2D eigenvalue weighted by Gasteiger charge is 2.42. The second-order valence-electron chi connectivity index (χ2n) is 7.94. The van der Waals surface area contributed by atoms with E-state index in [-0.39, 0.29) is 30.2 Å². The van der Waals surface area contributed by atoms with Gasteiger partial charge in [0.2, 0.25) is 0 Å². The van der Waals surface area contributed by atoms with Crippen LogP contribution in [-0.4, -0.2) is 24.5 Å². The SMILES string of the molecule is C[C@@H](NC(=O)COc1ccc(NC(=O)c2ccco2)cc1)[C@@H]1C[C@@H]2CC[C@@H]1C2. The monoisotopic (exact) mass is 382 g/mol. The van der Waals surface area contributed by atoms with Crippen LogP contribution < -0.4 is 15.4 Å². The minimum Gasteiger partial charge on any atom is -0.484 e. The van der Waals surface area contributed by atoms with Crippen LogP contribution in [0.5, 0.6) is 5.75 Å². The standard InChI is InChI=1S/C22H26N2O4/c1-14(19-12-15-4-5-16(19)11-15)23-21(25)13-28-18-8-6-17(7-9-18)24-22(26)20-3-2-10-27-20/h2-3,6-10,14-16,19H,4-5,11-13H2,1H3,(H,23,25)(H,24,26)/t14-,15-,16-,19+/m1/s1. The fourth-order valence-corrected chi connectivity index (χ4v) is 4.69. The van der Waals surface area contributed by atoms with Gasteiger partial charge in [0.05, 0.1) is 6.26 Å². The van der Waals surface area contributed by atoms with Gasteiger partial charge in [-0.05, 0) is 80.3 Å². The van der Waals surface area contributed by atoms with Gasteiger partial charge in [-0.2, -0.15) is 0 Å². The fraction of sp³-hybridized carbons (Fsp3) is 0.455. The van der Waals surface area contributed by atoms with E-state index >= 15 is 0 Å². The van der Waals surface area contributed by atoms with Crippen molar-refractivity contribution in [1.29, 1.82) is 0 Å². The molecule has 0 unspecified atom stereocenters. The Labute approximate surface area is 164 Å². The normalized spacial score (nSPS) is 24.0. The molecule has 28 heavy (non-hydrogen) atoms. The van der Waals surface area contributed by atoms with Gasteiger partial charge < -0.3 is 19.8 Å². The Bertz CT molecular complexity index is 816. The Balaban J connectivity index is 1.22. The van der Waals surface area contributed by atoms with Crippen molar-refractivity contribution in [2.75, 3.05) is 11.9 Å². The van der Waals surface area contributed by atoms with Crippen molar-refractivity contribution >= 4 is 17.5 Å². The minimum absolute atomic E-state index is 0.0107. The van der Waals surface area contributed by atoms with Gasteiger partial charge in [0.25, 0.3) is 11.8 Å². The number of carbonyl (C=O) groups is 2. The van der Waals surface area contributed by atoms with Crippen LogP contribution in [0.4, 0.5) is 5.69 Å². The molecule has 148 valence electrons. The summed E-state index contributed by atoms with van der Waals surface area (Å²) in [5.41, 5.74) is 0.628. The van der Waals surface area contributed by atoms with Gasteiger partial charge in [0, 0.05) is 11.7 Å². The van der Waals surface area contributed by atoms with Gasteiger partial charge in [-0.25, -0.2) is 0 Å². The Kier molecular flexibility index (Phi) is 5.37. The maximum atomic E-state index is 12.2. The van der Waals surface area contributed by atoms with Gasteiger partial charge in [-0.1, -0.05) is 6.42 Å². The second kappa shape index (κ2) is 8.09. The number of rotatable bonds is 7. The van der Waals surface area contributed by atoms with Crippen LogP contribution in [0.1, 0.15) is 43.2 Å². The van der Waals surface area contributed by atoms with Crippen molar-refractivity contribution in [3.8, 4) is 5.75 Å². The molecule has 6 heteroatoms.